The molecule has 5 nitrogen and oxygen atoms in total. The van der Waals surface area contributed by atoms with E-state index in [0.717, 1.165) is 22.4 Å². The number of para-hydroxylation sites is 1. The average Bonchev–Trinajstić information content (AvgIpc) is 2.97. The highest BCUT2D eigenvalue weighted by Gasteiger charge is 2.15. The fraction of sp³-hybridized carbons (Fsp3) is 0.222. The molecule has 0 saturated heterocycles. The van der Waals surface area contributed by atoms with Crippen LogP contribution in [0.5, 0.6) is 11.5 Å². The molecule has 0 aliphatic heterocycles. The lowest BCUT2D eigenvalue weighted by Crippen LogP contribution is -2.17. The second-order valence-electron chi connectivity index (χ2n) is 5.31. The number of hydrogen-bond donors (Lipinski definition) is 0. The van der Waals surface area contributed by atoms with Crippen LogP contribution in [0.15, 0.2) is 47.0 Å². The highest BCUT2D eigenvalue weighted by molar-refractivity contribution is 6.29. The zero-order valence-electron chi connectivity index (χ0n) is 13.3. The van der Waals surface area contributed by atoms with Crippen molar-refractivity contribution in [3.8, 4) is 11.5 Å². The molecule has 0 aliphatic rings. The van der Waals surface area contributed by atoms with Crippen LogP contribution in [0.2, 0.25) is 0 Å². The van der Waals surface area contributed by atoms with E-state index in [0.29, 0.717) is 17.8 Å². The van der Waals surface area contributed by atoms with Crippen molar-refractivity contribution in [1.29, 1.82) is 0 Å². The molecule has 1 aromatic heterocycles. The number of halogens is 1. The molecule has 0 spiro atoms. The van der Waals surface area contributed by atoms with E-state index in [-0.39, 0.29) is 0 Å². The first kappa shape index (κ1) is 16.3. The van der Waals surface area contributed by atoms with E-state index < -0.39 is 11.3 Å². The van der Waals surface area contributed by atoms with Crippen LogP contribution >= 0.6 is 11.6 Å². The van der Waals surface area contributed by atoms with Gasteiger partial charge in [0.15, 0.2) is 5.58 Å². The molecule has 0 N–H and O–H groups in total. The molecule has 0 radical (unpaired) electrons. The quantitative estimate of drug-likeness (QED) is 0.398. The van der Waals surface area contributed by atoms with Gasteiger partial charge in [-0.05, 0) is 25.1 Å². The number of carbonyl (C=O) groups is 1. The maximum absolute atomic E-state index is 11.6. The van der Waals surface area contributed by atoms with Crippen molar-refractivity contribution in [3.05, 3.63) is 53.7 Å². The molecular weight excluding hydrogens is 330 g/mol. The largest absolute Gasteiger partial charge is 0.496 e. The predicted octanol–water partition coefficient (Wildman–Crippen LogP) is 3.96. The number of fused-ring (bicyclic) bond motifs is 1. The molecule has 0 saturated carbocycles. The molecule has 3 rings (SSSR count). The van der Waals surface area contributed by atoms with Gasteiger partial charge in [-0.25, -0.2) is 0 Å². The zero-order chi connectivity index (χ0) is 17.1. The van der Waals surface area contributed by atoms with Crippen LogP contribution in [-0.2, 0) is 11.2 Å². The van der Waals surface area contributed by atoms with Gasteiger partial charge in [0.25, 0.3) is 0 Å². The molecule has 3 aromatic rings. The van der Waals surface area contributed by atoms with Crippen LogP contribution < -0.4 is 9.47 Å². The number of carbonyl (C=O) groups excluding carboxylic acids is 1. The second kappa shape index (κ2) is 6.93. The second-order valence-corrected chi connectivity index (χ2v) is 5.97. The third-order valence-corrected chi connectivity index (χ3v) is 3.79. The Labute approximate surface area is 144 Å². The molecule has 1 atom stereocenters. The number of benzene rings is 2. The number of esters is 1. The minimum atomic E-state index is -0.712. The fourth-order valence-corrected chi connectivity index (χ4v) is 2.43. The molecule has 6 heteroatoms. The summed E-state index contributed by atoms with van der Waals surface area (Å²) in [7, 11) is 1.64. The summed E-state index contributed by atoms with van der Waals surface area (Å²) in [5, 5.41) is 4.27. The standard InChI is InChI=1S/C18H16ClNO4/c1-11(19)18(21)23-13-7-8-14-15(20-24-17(14)10-13)9-12-5-3-4-6-16(12)22-2/h3-8,10-11H,9H2,1-2H3. The maximum Gasteiger partial charge on any atom is 0.329 e. The van der Waals surface area contributed by atoms with E-state index in [4.69, 9.17) is 25.6 Å². The molecule has 0 aliphatic carbocycles. The van der Waals surface area contributed by atoms with Crippen LogP contribution in [0.3, 0.4) is 0 Å². The molecule has 0 bridgehead atoms. The van der Waals surface area contributed by atoms with Gasteiger partial charge >= 0.3 is 5.97 Å². The van der Waals surface area contributed by atoms with E-state index >= 15 is 0 Å². The molecular formula is C18H16ClNO4. The number of nitrogens with zero attached hydrogens (tertiary/aromatic N) is 1. The smallest absolute Gasteiger partial charge is 0.329 e. The Morgan fingerprint density at radius 3 is 2.83 bits per heavy atom. The summed E-state index contributed by atoms with van der Waals surface area (Å²) < 4.78 is 15.9. The highest BCUT2D eigenvalue weighted by atomic mass is 35.5. The molecule has 0 fully saturated rings. The monoisotopic (exact) mass is 345 g/mol. The molecule has 2 aromatic carbocycles. The average molecular weight is 346 g/mol. The van der Waals surface area contributed by atoms with E-state index in [1.165, 1.54) is 0 Å². The summed E-state index contributed by atoms with van der Waals surface area (Å²) in [6.45, 7) is 1.56. The first-order valence-electron chi connectivity index (χ1n) is 7.44. The van der Waals surface area contributed by atoms with Gasteiger partial charge in [0.05, 0.1) is 12.8 Å². The van der Waals surface area contributed by atoms with Crippen molar-refractivity contribution in [1.82, 2.24) is 5.16 Å². The van der Waals surface area contributed by atoms with Crippen LogP contribution in [0.1, 0.15) is 18.2 Å². The van der Waals surface area contributed by atoms with Gasteiger partial charge in [0.2, 0.25) is 0 Å². The lowest BCUT2D eigenvalue weighted by molar-refractivity contribution is -0.133. The Balaban J connectivity index is 1.87. The number of alkyl halides is 1. The number of aromatic nitrogens is 1. The Kier molecular flexibility index (Phi) is 4.71. The first-order valence-corrected chi connectivity index (χ1v) is 7.88. The van der Waals surface area contributed by atoms with E-state index in [2.05, 4.69) is 5.16 Å². The zero-order valence-corrected chi connectivity index (χ0v) is 14.0. The minimum Gasteiger partial charge on any atom is -0.496 e. The summed E-state index contributed by atoms with van der Waals surface area (Å²) in [5.74, 6) is 0.667. The predicted molar refractivity (Wildman–Crippen MR) is 90.8 cm³/mol. The van der Waals surface area contributed by atoms with Crippen molar-refractivity contribution in [2.75, 3.05) is 7.11 Å². The molecule has 1 heterocycles. The van der Waals surface area contributed by atoms with Gasteiger partial charge in [-0.15, -0.1) is 11.6 Å². The van der Waals surface area contributed by atoms with Crippen molar-refractivity contribution >= 4 is 28.5 Å². The van der Waals surface area contributed by atoms with Crippen LogP contribution in [0.25, 0.3) is 11.0 Å². The molecule has 124 valence electrons. The third-order valence-electron chi connectivity index (χ3n) is 3.61. The summed E-state index contributed by atoms with van der Waals surface area (Å²) in [6, 6.07) is 12.9. The third kappa shape index (κ3) is 3.36. The lowest BCUT2D eigenvalue weighted by Gasteiger charge is -2.06. The summed E-state index contributed by atoms with van der Waals surface area (Å²) in [4.78, 5) is 11.6. The van der Waals surface area contributed by atoms with E-state index in [1.54, 1.807) is 26.2 Å². The Morgan fingerprint density at radius 1 is 1.29 bits per heavy atom. The van der Waals surface area contributed by atoms with Crippen molar-refractivity contribution in [2.24, 2.45) is 0 Å². The Bertz CT molecular complexity index is 872. The van der Waals surface area contributed by atoms with Crippen LogP contribution in [0, 0.1) is 0 Å². The molecule has 0 amide bonds. The number of rotatable bonds is 5. The van der Waals surface area contributed by atoms with Crippen LogP contribution in [-0.4, -0.2) is 23.6 Å². The van der Waals surface area contributed by atoms with Crippen molar-refractivity contribution < 1.29 is 18.8 Å². The Hall–Kier alpha value is -2.53. The van der Waals surface area contributed by atoms with Gasteiger partial charge in [0, 0.05) is 23.4 Å². The number of ether oxygens (including phenoxy) is 2. The minimum absolute atomic E-state index is 0.375. The SMILES string of the molecule is COc1ccccc1Cc1noc2cc(OC(=O)C(C)Cl)ccc12. The molecule has 24 heavy (non-hydrogen) atoms. The first-order chi connectivity index (χ1) is 11.6. The van der Waals surface area contributed by atoms with Gasteiger partial charge in [0.1, 0.15) is 16.9 Å². The summed E-state index contributed by atoms with van der Waals surface area (Å²) >= 11 is 5.70. The van der Waals surface area contributed by atoms with Gasteiger partial charge < -0.3 is 14.0 Å². The van der Waals surface area contributed by atoms with Crippen LogP contribution in [0.4, 0.5) is 0 Å². The summed E-state index contributed by atoms with van der Waals surface area (Å²) in [5.41, 5.74) is 2.35. The number of methoxy groups -OCH3 is 1. The summed E-state index contributed by atoms with van der Waals surface area (Å²) in [6.07, 6.45) is 0.578. The Morgan fingerprint density at radius 2 is 2.08 bits per heavy atom. The van der Waals surface area contributed by atoms with Crippen molar-refractivity contribution in [2.45, 2.75) is 18.7 Å². The molecule has 1 unspecified atom stereocenters. The maximum atomic E-state index is 11.6. The number of hydrogen-bond acceptors (Lipinski definition) is 5. The lowest BCUT2D eigenvalue weighted by atomic mass is 10.1. The van der Waals surface area contributed by atoms with Crippen molar-refractivity contribution in [3.63, 3.8) is 0 Å². The van der Waals surface area contributed by atoms with E-state index in [1.807, 2.05) is 30.3 Å². The van der Waals surface area contributed by atoms with Gasteiger partial charge in [-0.3, -0.25) is 4.79 Å². The normalized spacial score (nSPS) is 12.1. The van der Waals surface area contributed by atoms with E-state index in [9.17, 15) is 4.79 Å². The van der Waals surface area contributed by atoms with Gasteiger partial charge in [-0.2, -0.15) is 0 Å². The fourth-order valence-electron chi connectivity index (χ4n) is 2.39. The topological polar surface area (TPSA) is 61.6 Å². The highest BCUT2D eigenvalue weighted by Crippen LogP contribution is 2.28. The van der Waals surface area contributed by atoms with Gasteiger partial charge in [-0.1, -0.05) is 23.4 Å².